The molecule has 1 aromatic heterocycles. The zero-order valence-electron chi connectivity index (χ0n) is 11.6. The number of rotatable bonds is 5. The Morgan fingerprint density at radius 2 is 1.95 bits per heavy atom. The van der Waals surface area contributed by atoms with E-state index in [2.05, 4.69) is 10.3 Å². The summed E-state index contributed by atoms with van der Waals surface area (Å²) in [5, 5.41) is 2.76. The number of hydrogen-bond donors (Lipinski definition) is 1. The SMILES string of the molecule is COc1cccc(OC)c1C(=O)NCc1coc(C)n1. The van der Waals surface area contributed by atoms with Crippen molar-refractivity contribution >= 4 is 5.91 Å². The number of carbonyl (C=O) groups is 1. The Morgan fingerprint density at radius 1 is 1.30 bits per heavy atom. The van der Waals surface area contributed by atoms with Crippen molar-refractivity contribution in [2.45, 2.75) is 13.5 Å². The van der Waals surface area contributed by atoms with E-state index in [1.807, 2.05) is 0 Å². The van der Waals surface area contributed by atoms with Gasteiger partial charge in [-0.3, -0.25) is 4.79 Å². The van der Waals surface area contributed by atoms with Gasteiger partial charge in [-0.05, 0) is 12.1 Å². The number of amides is 1. The maximum Gasteiger partial charge on any atom is 0.259 e. The smallest absolute Gasteiger partial charge is 0.259 e. The molecular weight excluding hydrogens is 260 g/mol. The Bertz CT molecular complexity index is 585. The number of aromatic nitrogens is 1. The van der Waals surface area contributed by atoms with Crippen LogP contribution in [0.2, 0.25) is 0 Å². The molecule has 0 bridgehead atoms. The van der Waals surface area contributed by atoms with E-state index in [0.29, 0.717) is 28.6 Å². The standard InChI is InChI=1S/C14H16N2O4/c1-9-16-10(8-20-9)7-15-14(17)13-11(18-2)5-4-6-12(13)19-3/h4-6,8H,7H2,1-3H3,(H,15,17). The van der Waals surface area contributed by atoms with E-state index in [1.54, 1.807) is 25.1 Å². The molecule has 0 radical (unpaired) electrons. The van der Waals surface area contributed by atoms with Crippen LogP contribution in [0.25, 0.3) is 0 Å². The quantitative estimate of drug-likeness (QED) is 0.903. The molecule has 0 aliphatic carbocycles. The highest BCUT2D eigenvalue weighted by atomic mass is 16.5. The molecule has 106 valence electrons. The van der Waals surface area contributed by atoms with Crippen molar-refractivity contribution in [3.8, 4) is 11.5 Å². The summed E-state index contributed by atoms with van der Waals surface area (Å²) < 4.78 is 15.5. The number of methoxy groups -OCH3 is 2. The second-order valence-corrected chi connectivity index (χ2v) is 4.08. The fourth-order valence-electron chi connectivity index (χ4n) is 1.82. The second-order valence-electron chi connectivity index (χ2n) is 4.08. The van der Waals surface area contributed by atoms with Crippen LogP contribution in [-0.2, 0) is 6.54 Å². The Labute approximate surface area is 116 Å². The average molecular weight is 276 g/mol. The molecule has 1 aromatic carbocycles. The van der Waals surface area contributed by atoms with Crippen molar-refractivity contribution in [1.29, 1.82) is 0 Å². The molecule has 0 aliphatic heterocycles. The van der Waals surface area contributed by atoms with Crippen LogP contribution in [0, 0.1) is 6.92 Å². The van der Waals surface area contributed by atoms with E-state index >= 15 is 0 Å². The normalized spacial score (nSPS) is 10.2. The predicted molar refractivity (Wildman–Crippen MR) is 72.0 cm³/mol. The first-order valence-corrected chi connectivity index (χ1v) is 6.06. The minimum absolute atomic E-state index is 0.275. The summed E-state index contributed by atoms with van der Waals surface area (Å²) in [5.41, 5.74) is 1.02. The molecule has 1 amide bonds. The highest BCUT2D eigenvalue weighted by Gasteiger charge is 2.18. The molecule has 0 unspecified atom stereocenters. The van der Waals surface area contributed by atoms with Gasteiger partial charge in [-0.15, -0.1) is 0 Å². The molecule has 1 heterocycles. The summed E-state index contributed by atoms with van der Waals surface area (Å²) in [6.45, 7) is 2.02. The lowest BCUT2D eigenvalue weighted by Crippen LogP contribution is -2.24. The van der Waals surface area contributed by atoms with Gasteiger partial charge in [0.05, 0.1) is 26.5 Å². The van der Waals surface area contributed by atoms with Crippen LogP contribution < -0.4 is 14.8 Å². The van der Waals surface area contributed by atoms with Crippen LogP contribution in [0.3, 0.4) is 0 Å². The van der Waals surface area contributed by atoms with Crippen LogP contribution in [0.4, 0.5) is 0 Å². The van der Waals surface area contributed by atoms with E-state index < -0.39 is 0 Å². The maximum atomic E-state index is 12.3. The van der Waals surface area contributed by atoms with E-state index in [4.69, 9.17) is 13.9 Å². The number of nitrogens with zero attached hydrogens (tertiary/aromatic N) is 1. The van der Waals surface area contributed by atoms with Gasteiger partial charge in [-0.25, -0.2) is 4.98 Å². The minimum Gasteiger partial charge on any atom is -0.496 e. The Morgan fingerprint density at radius 3 is 2.45 bits per heavy atom. The van der Waals surface area contributed by atoms with Gasteiger partial charge in [0.1, 0.15) is 23.3 Å². The third-order valence-corrected chi connectivity index (χ3v) is 2.75. The van der Waals surface area contributed by atoms with E-state index in [9.17, 15) is 4.79 Å². The lowest BCUT2D eigenvalue weighted by molar-refractivity contribution is 0.0944. The largest absolute Gasteiger partial charge is 0.496 e. The molecule has 2 aromatic rings. The van der Waals surface area contributed by atoms with Crippen molar-refractivity contribution < 1.29 is 18.7 Å². The van der Waals surface area contributed by atoms with Gasteiger partial charge in [-0.1, -0.05) is 6.07 Å². The average Bonchev–Trinajstić information content (AvgIpc) is 2.89. The lowest BCUT2D eigenvalue weighted by Gasteiger charge is -2.12. The minimum atomic E-state index is -0.292. The van der Waals surface area contributed by atoms with Crippen molar-refractivity contribution in [1.82, 2.24) is 10.3 Å². The Hall–Kier alpha value is -2.50. The maximum absolute atomic E-state index is 12.3. The van der Waals surface area contributed by atoms with Crippen molar-refractivity contribution in [2.24, 2.45) is 0 Å². The molecule has 20 heavy (non-hydrogen) atoms. The third kappa shape index (κ3) is 2.90. The second kappa shape index (κ2) is 6.10. The Kier molecular flexibility index (Phi) is 4.24. The van der Waals surface area contributed by atoms with Crippen LogP contribution in [0.1, 0.15) is 21.9 Å². The first-order chi connectivity index (χ1) is 9.65. The topological polar surface area (TPSA) is 73.6 Å². The van der Waals surface area contributed by atoms with Gasteiger partial charge in [0, 0.05) is 6.92 Å². The molecule has 6 heteroatoms. The predicted octanol–water partition coefficient (Wildman–Crippen LogP) is 1.93. The Balaban J connectivity index is 2.16. The van der Waals surface area contributed by atoms with Gasteiger partial charge in [-0.2, -0.15) is 0 Å². The number of ether oxygens (including phenoxy) is 2. The molecule has 0 saturated heterocycles. The fourth-order valence-corrected chi connectivity index (χ4v) is 1.82. The van der Waals surface area contributed by atoms with Crippen LogP contribution in [0.5, 0.6) is 11.5 Å². The van der Waals surface area contributed by atoms with E-state index in [1.165, 1.54) is 20.5 Å². The number of benzene rings is 1. The van der Waals surface area contributed by atoms with Gasteiger partial charge in [0.2, 0.25) is 0 Å². The summed E-state index contributed by atoms with van der Waals surface area (Å²) in [6, 6.07) is 5.17. The molecule has 1 N–H and O–H groups in total. The summed E-state index contributed by atoms with van der Waals surface area (Å²) in [5.74, 6) is 1.18. The van der Waals surface area contributed by atoms with Gasteiger partial charge >= 0.3 is 0 Å². The molecule has 6 nitrogen and oxygen atoms in total. The molecule has 0 saturated carbocycles. The fraction of sp³-hybridized carbons (Fsp3) is 0.286. The van der Waals surface area contributed by atoms with Gasteiger partial charge in [0.25, 0.3) is 5.91 Å². The molecular formula is C14H16N2O4. The highest BCUT2D eigenvalue weighted by molar-refractivity contribution is 5.99. The summed E-state index contributed by atoms with van der Waals surface area (Å²) >= 11 is 0. The first-order valence-electron chi connectivity index (χ1n) is 6.06. The van der Waals surface area contributed by atoms with E-state index in [-0.39, 0.29) is 12.5 Å². The number of carbonyl (C=O) groups excluding carboxylic acids is 1. The zero-order valence-corrected chi connectivity index (χ0v) is 11.6. The van der Waals surface area contributed by atoms with Crippen LogP contribution in [0.15, 0.2) is 28.9 Å². The molecule has 0 atom stereocenters. The number of aryl methyl sites for hydroxylation is 1. The lowest BCUT2D eigenvalue weighted by atomic mass is 10.1. The number of oxazole rings is 1. The van der Waals surface area contributed by atoms with Gasteiger partial charge in [0.15, 0.2) is 5.89 Å². The molecule has 2 rings (SSSR count). The molecule has 0 spiro atoms. The van der Waals surface area contributed by atoms with Crippen molar-refractivity contribution in [2.75, 3.05) is 14.2 Å². The third-order valence-electron chi connectivity index (χ3n) is 2.75. The summed E-state index contributed by atoms with van der Waals surface area (Å²) in [7, 11) is 3.01. The monoisotopic (exact) mass is 276 g/mol. The summed E-state index contributed by atoms with van der Waals surface area (Å²) in [6.07, 6.45) is 1.51. The molecule has 0 aliphatic rings. The molecule has 0 fully saturated rings. The van der Waals surface area contributed by atoms with Crippen molar-refractivity contribution in [3.63, 3.8) is 0 Å². The number of nitrogens with one attached hydrogen (secondary N) is 1. The van der Waals surface area contributed by atoms with Crippen molar-refractivity contribution in [3.05, 3.63) is 41.6 Å². The summed E-state index contributed by atoms with van der Waals surface area (Å²) in [4.78, 5) is 16.4. The van der Waals surface area contributed by atoms with Gasteiger partial charge < -0.3 is 19.2 Å². The zero-order chi connectivity index (χ0) is 14.5. The van der Waals surface area contributed by atoms with Crippen LogP contribution >= 0.6 is 0 Å². The van der Waals surface area contributed by atoms with E-state index in [0.717, 1.165) is 0 Å². The first kappa shape index (κ1) is 13.9. The highest BCUT2D eigenvalue weighted by Crippen LogP contribution is 2.27. The van der Waals surface area contributed by atoms with Crippen LogP contribution in [-0.4, -0.2) is 25.1 Å². The number of hydrogen-bond acceptors (Lipinski definition) is 5.